The predicted octanol–water partition coefficient (Wildman–Crippen LogP) is 5.65. The van der Waals surface area contributed by atoms with E-state index in [0.717, 1.165) is 11.1 Å². The molecule has 0 saturated carbocycles. The first kappa shape index (κ1) is 23.7. The van der Waals surface area contributed by atoms with Crippen LogP contribution >= 0.6 is 0 Å². The Kier molecular flexibility index (Phi) is 7.97. The molecule has 0 bridgehead atoms. The summed E-state index contributed by atoms with van der Waals surface area (Å²) >= 11 is 0. The summed E-state index contributed by atoms with van der Waals surface area (Å²) in [6, 6.07) is 23.1. The molecule has 0 aliphatic carbocycles. The van der Waals surface area contributed by atoms with Gasteiger partial charge in [0, 0.05) is 0 Å². The van der Waals surface area contributed by atoms with Crippen molar-refractivity contribution in [3.63, 3.8) is 0 Å². The van der Waals surface area contributed by atoms with Gasteiger partial charge in [0.15, 0.2) is 0 Å². The molecule has 0 radical (unpaired) electrons. The molecule has 6 nitrogen and oxygen atoms in total. The monoisotopic (exact) mass is 444 g/mol. The fourth-order valence-electron chi connectivity index (χ4n) is 3.85. The maximum Gasteiger partial charge on any atom is 0.335 e. The van der Waals surface area contributed by atoms with Gasteiger partial charge in [0.1, 0.15) is 0 Å². The van der Waals surface area contributed by atoms with Gasteiger partial charge in [-0.1, -0.05) is 74.5 Å². The molecule has 3 N–H and O–H groups in total. The number of aromatic carboxylic acids is 1. The van der Waals surface area contributed by atoms with Crippen LogP contribution in [0.4, 0.5) is 11.4 Å². The summed E-state index contributed by atoms with van der Waals surface area (Å²) in [7, 11) is 0. The summed E-state index contributed by atoms with van der Waals surface area (Å²) in [5, 5.41) is 15.1. The van der Waals surface area contributed by atoms with Crippen molar-refractivity contribution in [1.29, 1.82) is 0 Å². The molecule has 2 atom stereocenters. The largest absolute Gasteiger partial charge is 0.478 e. The zero-order chi connectivity index (χ0) is 23.8. The van der Waals surface area contributed by atoms with Gasteiger partial charge in [0.25, 0.3) is 0 Å². The molecule has 0 heterocycles. The topological polar surface area (TPSA) is 95.5 Å². The number of nitrogens with one attached hydrogen (secondary N) is 2. The molecular formula is C27H28N2O4. The van der Waals surface area contributed by atoms with Crippen molar-refractivity contribution in [3.8, 4) is 0 Å². The maximum absolute atomic E-state index is 13.1. The molecule has 0 aliphatic heterocycles. The molecule has 0 fully saturated rings. The standard InChI is InChI=1S/C27H28N2O4/c1-3-21(18-11-7-5-8-12-18)25(30)28-23-16-15-20(27(32)33)17-24(23)29-26(31)22(4-2)19-13-9-6-10-14-19/h5-17,21-22H,3-4H2,1-2H3,(H,28,30)(H,29,31)(H,32,33)/t21-,22+/m0/s1. The van der Waals surface area contributed by atoms with E-state index in [2.05, 4.69) is 10.6 Å². The van der Waals surface area contributed by atoms with Crippen molar-refractivity contribution in [2.24, 2.45) is 0 Å². The summed E-state index contributed by atoms with van der Waals surface area (Å²) in [6.45, 7) is 3.85. The molecular weight excluding hydrogens is 416 g/mol. The number of rotatable bonds is 9. The minimum atomic E-state index is -1.12. The molecule has 6 heteroatoms. The van der Waals surface area contributed by atoms with Crippen molar-refractivity contribution in [1.82, 2.24) is 0 Å². The number of hydrogen-bond acceptors (Lipinski definition) is 3. The zero-order valence-corrected chi connectivity index (χ0v) is 18.7. The third kappa shape index (κ3) is 5.86. The van der Waals surface area contributed by atoms with Crippen molar-refractivity contribution < 1.29 is 19.5 Å². The van der Waals surface area contributed by atoms with E-state index in [0.29, 0.717) is 18.5 Å². The van der Waals surface area contributed by atoms with E-state index in [1.165, 1.54) is 18.2 Å². The Morgan fingerprint density at radius 2 is 1.15 bits per heavy atom. The highest BCUT2D eigenvalue weighted by atomic mass is 16.4. The Bertz CT molecular complexity index is 1110. The number of carboxylic acid groups (broad SMARTS) is 1. The van der Waals surface area contributed by atoms with Gasteiger partial charge in [0.2, 0.25) is 11.8 Å². The number of benzene rings is 3. The van der Waals surface area contributed by atoms with Crippen LogP contribution in [0.15, 0.2) is 78.9 Å². The van der Waals surface area contributed by atoms with Gasteiger partial charge in [-0.05, 0) is 42.2 Å². The Labute approximate surface area is 193 Å². The molecule has 170 valence electrons. The number of carboxylic acids is 1. The van der Waals surface area contributed by atoms with Crippen LogP contribution in [0, 0.1) is 0 Å². The van der Waals surface area contributed by atoms with Gasteiger partial charge in [-0.15, -0.1) is 0 Å². The first-order valence-corrected chi connectivity index (χ1v) is 11.0. The fourth-order valence-corrected chi connectivity index (χ4v) is 3.85. The average molecular weight is 445 g/mol. The van der Waals surface area contributed by atoms with Crippen molar-refractivity contribution in [2.75, 3.05) is 10.6 Å². The highest BCUT2D eigenvalue weighted by Gasteiger charge is 2.23. The van der Waals surface area contributed by atoms with E-state index in [1.54, 1.807) is 0 Å². The lowest BCUT2D eigenvalue weighted by molar-refractivity contribution is -0.118. The number of carbonyl (C=O) groups is 3. The minimum Gasteiger partial charge on any atom is -0.478 e. The van der Waals surface area contributed by atoms with Crippen LogP contribution in [-0.2, 0) is 9.59 Å². The van der Waals surface area contributed by atoms with Gasteiger partial charge >= 0.3 is 5.97 Å². The summed E-state index contributed by atoms with van der Waals surface area (Å²) in [4.78, 5) is 37.7. The van der Waals surface area contributed by atoms with Gasteiger partial charge in [0.05, 0.1) is 28.8 Å². The van der Waals surface area contributed by atoms with E-state index < -0.39 is 11.9 Å². The average Bonchev–Trinajstić information content (AvgIpc) is 2.82. The highest BCUT2D eigenvalue weighted by Crippen LogP contribution is 2.29. The molecule has 2 amide bonds. The molecule has 3 aromatic carbocycles. The Balaban J connectivity index is 1.89. The van der Waals surface area contributed by atoms with Crippen molar-refractivity contribution >= 4 is 29.2 Å². The number of carbonyl (C=O) groups excluding carboxylic acids is 2. The lowest BCUT2D eigenvalue weighted by Crippen LogP contribution is -2.24. The number of amides is 2. The SMILES string of the molecule is CC[C@H](C(=O)Nc1ccc(C(=O)O)cc1NC(=O)[C@H](CC)c1ccccc1)c1ccccc1. The van der Waals surface area contributed by atoms with Crippen LogP contribution in [0.5, 0.6) is 0 Å². The second-order valence-electron chi connectivity index (χ2n) is 7.79. The van der Waals surface area contributed by atoms with Gasteiger partial charge in [-0.25, -0.2) is 4.79 Å². The molecule has 0 unspecified atom stereocenters. The Hall–Kier alpha value is -3.93. The van der Waals surface area contributed by atoms with Gasteiger partial charge < -0.3 is 15.7 Å². The van der Waals surface area contributed by atoms with E-state index in [9.17, 15) is 19.5 Å². The molecule has 0 aromatic heterocycles. The summed E-state index contributed by atoms with van der Waals surface area (Å²) in [5.74, 6) is -2.39. The third-order valence-corrected chi connectivity index (χ3v) is 5.64. The van der Waals surface area contributed by atoms with E-state index in [4.69, 9.17) is 0 Å². The first-order chi connectivity index (χ1) is 15.9. The second kappa shape index (κ2) is 11.1. The summed E-state index contributed by atoms with van der Waals surface area (Å²) < 4.78 is 0. The number of hydrogen-bond donors (Lipinski definition) is 3. The quantitative estimate of drug-likeness (QED) is 0.397. The molecule has 33 heavy (non-hydrogen) atoms. The Morgan fingerprint density at radius 3 is 1.58 bits per heavy atom. The first-order valence-electron chi connectivity index (χ1n) is 11.0. The fraction of sp³-hybridized carbons (Fsp3) is 0.222. The van der Waals surface area contributed by atoms with Crippen LogP contribution in [0.2, 0.25) is 0 Å². The molecule has 3 aromatic rings. The van der Waals surface area contributed by atoms with E-state index in [1.807, 2.05) is 74.5 Å². The van der Waals surface area contributed by atoms with Crippen molar-refractivity contribution in [2.45, 2.75) is 38.5 Å². The van der Waals surface area contributed by atoms with Crippen LogP contribution in [0.1, 0.15) is 60.0 Å². The van der Waals surface area contributed by atoms with Gasteiger partial charge in [-0.3, -0.25) is 9.59 Å². The van der Waals surface area contributed by atoms with Gasteiger partial charge in [-0.2, -0.15) is 0 Å². The summed E-state index contributed by atoms with van der Waals surface area (Å²) in [5.41, 5.74) is 2.39. The molecule has 0 saturated heterocycles. The third-order valence-electron chi connectivity index (χ3n) is 5.64. The van der Waals surface area contributed by atoms with Crippen LogP contribution in [-0.4, -0.2) is 22.9 Å². The maximum atomic E-state index is 13.1. The predicted molar refractivity (Wildman–Crippen MR) is 130 cm³/mol. The number of anilines is 2. The summed E-state index contributed by atoms with van der Waals surface area (Å²) in [6.07, 6.45) is 1.17. The Morgan fingerprint density at radius 1 is 0.697 bits per heavy atom. The highest BCUT2D eigenvalue weighted by molar-refractivity contribution is 6.04. The van der Waals surface area contributed by atoms with Crippen LogP contribution < -0.4 is 10.6 Å². The van der Waals surface area contributed by atoms with E-state index >= 15 is 0 Å². The van der Waals surface area contributed by atoms with Crippen molar-refractivity contribution in [3.05, 3.63) is 95.6 Å². The van der Waals surface area contributed by atoms with Crippen LogP contribution in [0.25, 0.3) is 0 Å². The lowest BCUT2D eigenvalue weighted by Gasteiger charge is -2.20. The second-order valence-corrected chi connectivity index (χ2v) is 7.79. The normalized spacial score (nSPS) is 12.4. The zero-order valence-electron chi connectivity index (χ0n) is 18.7. The minimum absolute atomic E-state index is 0.0196. The molecule has 0 aliphatic rings. The van der Waals surface area contributed by atoms with Crippen LogP contribution in [0.3, 0.4) is 0 Å². The molecule has 0 spiro atoms. The molecule has 3 rings (SSSR count). The smallest absolute Gasteiger partial charge is 0.335 e. The lowest BCUT2D eigenvalue weighted by atomic mass is 9.95. The van der Waals surface area contributed by atoms with E-state index in [-0.39, 0.29) is 29.0 Å².